The van der Waals surface area contributed by atoms with Crippen LogP contribution in [0, 0.1) is 0 Å². The lowest BCUT2D eigenvalue weighted by atomic mass is 10.1. The lowest BCUT2D eigenvalue weighted by Gasteiger charge is -2.34. The second-order valence-corrected chi connectivity index (χ2v) is 9.82. The molecule has 164 valence electrons. The minimum absolute atomic E-state index is 0.123. The summed E-state index contributed by atoms with van der Waals surface area (Å²) in [6.07, 6.45) is 1.34. The Balaban J connectivity index is 1.55. The lowest BCUT2D eigenvalue weighted by Crippen LogP contribution is -2.46. The maximum absolute atomic E-state index is 12.5. The number of ether oxygens (including phenoxy) is 2. The number of carbonyl (C=O) groups is 1. The van der Waals surface area contributed by atoms with Crippen LogP contribution in [0.3, 0.4) is 0 Å². The van der Waals surface area contributed by atoms with E-state index in [0.717, 1.165) is 33.9 Å². The van der Waals surface area contributed by atoms with Gasteiger partial charge in [-0.1, -0.05) is 40.2 Å². The number of likely N-dealkylation sites (tertiary alicyclic amines) is 1. The van der Waals surface area contributed by atoms with Gasteiger partial charge in [-0.05, 0) is 63.4 Å². The molecule has 0 aliphatic carbocycles. The van der Waals surface area contributed by atoms with Crippen LogP contribution in [0.25, 0.3) is 11.0 Å². The second-order valence-electron chi connectivity index (χ2n) is 8.90. The highest BCUT2D eigenvalue weighted by Gasteiger charge is 2.29. The zero-order chi connectivity index (χ0) is 22.0. The summed E-state index contributed by atoms with van der Waals surface area (Å²) >= 11 is 3.49. The Morgan fingerprint density at radius 3 is 2.65 bits per heavy atom. The Hall–Kier alpha value is -2.54. The molecule has 0 spiro atoms. The van der Waals surface area contributed by atoms with Crippen molar-refractivity contribution in [3.05, 3.63) is 58.6 Å². The molecule has 1 aliphatic rings. The van der Waals surface area contributed by atoms with Crippen LogP contribution in [0.1, 0.15) is 39.2 Å². The van der Waals surface area contributed by atoms with E-state index in [2.05, 4.69) is 38.7 Å². The summed E-state index contributed by atoms with van der Waals surface area (Å²) in [5.74, 6) is 0. The highest BCUT2D eigenvalue weighted by Crippen LogP contribution is 2.26. The van der Waals surface area contributed by atoms with E-state index in [9.17, 15) is 4.79 Å². The second kappa shape index (κ2) is 8.91. The molecule has 1 unspecified atom stereocenters. The molecular weight excluding hydrogens is 458 g/mol. The van der Waals surface area contributed by atoms with Crippen LogP contribution in [0.2, 0.25) is 0 Å². The van der Waals surface area contributed by atoms with Crippen molar-refractivity contribution in [2.24, 2.45) is 0 Å². The van der Waals surface area contributed by atoms with Crippen LogP contribution in [0.15, 0.2) is 53.0 Å². The number of amides is 1. The van der Waals surface area contributed by atoms with E-state index in [1.807, 2.05) is 51.1 Å². The number of aromatic nitrogens is 2. The molecule has 1 aliphatic heterocycles. The Kier molecular flexibility index (Phi) is 6.23. The minimum atomic E-state index is -0.510. The van der Waals surface area contributed by atoms with Crippen LogP contribution in [0.5, 0.6) is 6.01 Å². The maximum Gasteiger partial charge on any atom is 0.410 e. The number of rotatable bonds is 4. The number of para-hydroxylation sites is 2. The standard InChI is InChI=1S/C24H28BrN3O3/c1-24(2,3)31-23(29)27-14-6-7-19(16-27)30-22-26-20-8-4-5-9-21(20)28(22)15-17-10-12-18(25)13-11-17/h4-5,8-13,19H,6-7,14-16H2,1-3H3. The summed E-state index contributed by atoms with van der Waals surface area (Å²) in [7, 11) is 0. The van der Waals surface area contributed by atoms with Gasteiger partial charge >= 0.3 is 6.09 Å². The molecule has 0 saturated carbocycles. The van der Waals surface area contributed by atoms with Crippen molar-refractivity contribution in [3.63, 3.8) is 0 Å². The van der Waals surface area contributed by atoms with E-state index in [0.29, 0.717) is 25.6 Å². The molecule has 31 heavy (non-hydrogen) atoms. The summed E-state index contributed by atoms with van der Waals surface area (Å²) in [6.45, 7) is 7.49. The number of hydrogen-bond acceptors (Lipinski definition) is 4. The molecule has 0 radical (unpaired) electrons. The van der Waals surface area contributed by atoms with Gasteiger partial charge in [0.1, 0.15) is 11.7 Å². The number of halogens is 1. The Morgan fingerprint density at radius 2 is 1.90 bits per heavy atom. The van der Waals surface area contributed by atoms with Crippen LogP contribution in [0.4, 0.5) is 4.79 Å². The molecule has 1 fully saturated rings. The quantitative estimate of drug-likeness (QED) is 0.480. The first-order valence-electron chi connectivity index (χ1n) is 10.6. The molecule has 2 heterocycles. The van der Waals surface area contributed by atoms with Crippen molar-refractivity contribution in [1.82, 2.24) is 14.5 Å². The normalized spacial score (nSPS) is 17.0. The Labute approximate surface area is 191 Å². The fourth-order valence-corrected chi connectivity index (χ4v) is 4.01. The molecule has 0 bridgehead atoms. The third kappa shape index (κ3) is 5.39. The van der Waals surface area contributed by atoms with Crippen LogP contribution < -0.4 is 4.74 Å². The Morgan fingerprint density at radius 1 is 1.16 bits per heavy atom. The average Bonchev–Trinajstić information content (AvgIpc) is 3.06. The highest BCUT2D eigenvalue weighted by atomic mass is 79.9. The van der Waals surface area contributed by atoms with Gasteiger partial charge in [-0.15, -0.1) is 0 Å². The lowest BCUT2D eigenvalue weighted by molar-refractivity contribution is 0.00626. The topological polar surface area (TPSA) is 56.6 Å². The minimum Gasteiger partial charge on any atom is -0.459 e. The van der Waals surface area contributed by atoms with Crippen molar-refractivity contribution in [3.8, 4) is 6.01 Å². The summed E-state index contributed by atoms with van der Waals surface area (Å²) in [5.41, 5.74) is 2.58. The number of hydrogen-bond donors (Lipinski definition) is 0. The first-order chi connectivity index (χ1) is 14.8. The molecule has 3 aromatic rings. The van der Waals surface area contributed by atoms with Gasteiger partial charge in [-0.25, -0.2) is 4.79 Å². The van der Waals surface area contributed by atoms with Crippen molar-refractivity contribution in [2.45, 2.75) is 51.9 Å². The predicted molar refractivity (Wildman–Crippen MR) is 124 cm³/mol. The van der Waals surface area contributed by atoms with Crippen molar-refractivity contribution in [2.75, 3.05) is 13.1 Å². The highest BCUT2D eigenvalue weighted by molar-refractivity contribution is 9.10. The summed E-state index contributed by atoms with van der Waals surface area (Å²) in [5, 5.41) is 0. The van der Waals surface area contributed by atoms with Gasteiger partial charge in [0.15, 0.2) is 0 Å². The van der Waals surface area contributed by atoms with Gasteiger partial charge in [-0.3, -0.25) is 4.57 Å². The molecule has 0 N–H and O–H groups in total. The van der Waals surface area contributed by atoms with Crippen LogP contribution >= 0.6 is 15.9 Å². The first-order valence-corrected chi connectivity index (χ1v) is 11.4. The molecular formula is C24H28BrN3O3. The Bertz CT molecular complexity index is 1060. The third-order valence-electron chi connectivity index (χ3n) is 5.18. The van der Waals surface area contributed by atoms with Gasteiger partial charge in [0.25, 0.3) is 6.01 Å². The van der Waals surface area contributed by atoms with E-state index in [1.165, 1.54) is 0 Å². The molecule has 4 rings (SSSR count). The molecule has 1 atom stereocenters. The first kappa shape index (κ1) is 21.7. The zero-order valence-corrected chi connectivity index (χ0v) is 19.8. The number of nitrogens with zero attached hydrogens (tertiary/aromatic N) is 3. The molecule has 2 aromatic carbocycles. The van der Waals surface area contributed by atoms with Crippen molar-refractivity contribution in [1.29, 1.82) is 0 Å². The van der Waals surface area contributed by atoms with Gasteiger partial charge in [0, 0.05) is 11.0 Å². The largest absolute Gasteiger partial charge is 0.459 e. The summed E-state index contributed by atoms with van der Waals surface area (Å²) in [6, 6.07) is 16.9. The van der Waals surface area contributed by atoms with Gasteiger partial charge in [0.2, 0.25) is 0 Å². The zero-order valence-electron chi connectivity index (χ0n) is 18.2. The van der Waals surface area contributed by atoms with Gasteiger partial charge in [-0.2, -0.15) is 4.98 Å². The predicted octanol–water partition coefficient (Wildman–Crippen LogP) is 5.63. The van der Waals surface area contributed by atoms with E-state index in [-0.39, 0.29) is 12.2 Å². The van der Waals surface area contributed by atoms with E-state index in [1.54, 1.807) is 4.90 Å². The van der Waals surface area contributed by atoms with E-state index in [4.69, 9.17) is 14.5 Å². The fourth-order valence-electron chi connectivity index (χ4n) is 3.74. The van der Waals surface area contributed by atoms with Crippen molar-refractivity contribution < 1.29 is 14.3 Å². The van der Waals surface area contributed by atoms with E-state index >= 15 is 0 Å². The average molecular weight is 486 g/mol. The van der Waals surface area contributed by atoms with E-state index < -0.39 is 5.60 Å². The number of imidazole rings is 1. The molecule has 1 aromatic heterocycles. The van der Waals surface area contributed by atoms with Gasteiger partial charge < -0.3 is 14.4 Å². The van der Waals surface area contributed by atoms with Crippen molar-refractivity contribution >= 4 is 33.1 Å². The molecule has 7 heteroatoms. The van der Waals surface area contributed by atoms with Crippen LogP contribution in [-0.4, -0.2) is 45.3 Å². The SMILES string of the molecule is CC(C)(C)OC(=O)N1CCCC(Oc2nc3ccccc3n2Cc2ccc(Br)cc2)C1. The number of piperidine rings is 1. The van der Waals surface area contributed by atoms with Crippen LogP contribution in [-0.2, 0) is 11.3 Å². The molecule has 6 nitrogen and oxygen atoms in total. The number of benzene rings is 2. The smallest absolute Gasteiger partial charge is 0.410 e. The summed E-state index contributed by atoms with van der Waals surface area (Å²) < 4.78 is 15.1. The fraction of sp³-hybridized carbons (Fsp3) is 0.417. The maximum atomic E-state index is 12.5. The molecule has 1 saturated heterocycles. The number of carbonyl (C=O) groups excluding carboxylic acids is 1. The third-order valence-corrected chi connectivity index (χ3v) is 5.70. The van der Waals surface area contributed by atoms with Gasteiger partial charge in [0.05, 0.1) is 24.1 Å². The monoisotopic (exact) mass is 485 g/mol. The molecule has 1 amide bonds. The number of fused-ring (bicyclic) bond motifs is 1. The summed E-state index contributed by atoms with van der Waals surface area (Å²) in [4.78, 5) is 19.0.